The van der Waals surface area contributed by atoms with E-state index < -0.39 is 0 Å². The molecule has 0 aliphatic carbocycles. The van der Waals surface area contributed by atoms with Gasteiger partial charge in [0.15, 0.2) is 0 Å². The molecular weight excluding hydrogens is 210 g/mol. The Balaban J connectivity index is 1.89. The van der Waals surface area contributed by atoms with Gasteiger partial charge in [-0.1, -0.05) is 32.9 Å². The van der Waals surface area contributed by atoms with Gasteiger partial charge >= 0.3 is 0 Å². The molecule has 2 rings (SSSR count). The van der Waals surface area contributed by atoms with Crippen LogP contribution in [-0.4, -0.2) is 19.7 Å². The fourth-order valence-corrected chi connectivity index (χ4v) is 2.12. The number of rotatable bonds is 3. The second-order valence-electron chi connectivity index (χ2n) is 5.94. The molecule has 0 spiro atoms. The normalized spacial score (nSPS) is 20.5. The molecule has 0 amide bonds. The Hall–Kier alpha value is -1.02. The molecular formula is C15H23NO. The fourth-order valence-electron chi connectivity index (χ4n) is 2.12. The van der Waals surface area contributed by atoms with E-state index >= 15 is 0 Å². The van der Waals surface area contributed by atoms with Gasteiger partial charge in [-0.25, -0.2) is 0 Å². The first-order valence-electron chi connectivity index (χ1n) is 6.50. The minimum Gasteiger partial charge on any atom is -0.493 e. The van der Waals surface area contributed by atoms with Crippen LogP contribution < -0.4 is 10.1 Å². The summed E-state index contributed by atoms with van der Waals surface area (Å²) < 4.78 is 5.82. The molecule has 1 aliphatic rings. The third-order valence-corrected chi connectivity index (χ3v) is 3.37. The lowest BCUT2D eigenvalue weighted by molar-refractivity contribution is 0.260. The highest BCUT2D eigenvalue weighted by Gasteiger charge is 2.16. The van der Waals surface area contributed by atoms with Crippen LogP contribution in [0.25, 0.3) is 0 Å². The van der Waals surface area contributed by atoms with E-state index in [4.69, 9.17) is 4.74 Å². The lowest BCUT2D eigenvalue weighted by atomic mass is 9.87. The van der Waals surface area contributed by atoms with Crippen LogP contribution in [-0.2, 0) is 5.41 Å². The van der Waals surface area contributed by atoms with E-state index in [-0.39, 0.29) is 5.41 Å². The van der Waals surface area contributed by atoms with Crippen molar-refractivity contribution >= 4 is 0 Å². The van der Waals surface area contributed by atoms with Crippen LogP contribution in [0.15, 0.2) is 24.3 Å². The molecule has 0 saturated carbocycles. The van der Waals surface area contributed by atoms with E-state index in [9.17, 15) is 0 Å². The Morgan fingerprint density at radius 1 is 1.24 bits per heavy atom. The van der Waals surface area contributed by atoms with Crippen molar-refractivity contribution in [3.05, 3.63) is 29.8 Å². The number of ether oxygens (including phenoxy) is 1. The van der Waals surface area contributed by atoms with Crippen LogP contribution in [0, 0.1) is 5.92 Å². The smallest absolute Gasteiger partial charge is 0.119 e. The maximum absolute atomic E-state index is 5.82. The summed E-state index contributed by atoms with van der Waals surface area (Å²) in [5, 5.41) is 3.36. The topological polar surface area (TPSA) is 21.3 Å². The lowest BCUT2D eigenvalue weighted by Gasteiger charge is -2.19. The van der Waals surface area contributed by atoms with Crippen molar-refractivity contribution in [1.29, 1.82) is 0 Å². The largest absolute Gasteiger partial charge is 0.493 e. The number of hydrogen-bond donors (Lipinski definition) is 1. The van der Waals surface area contributed by atoms with Crippen LogP contribution in [0.1, 0.15) is 32.8 Å². The zero-order valence-corrected chi connectivity index (χ0v) is 11.1. The van der Waals surface area contributed by atoms with Gasteiger partial charge in [0.25, 0.3) is 0 Å². The second kappa shape index (κ2) is 5.09. The van der Waals surface area contributed by atoms with Gasteiger partial charge in [-0.2, -0.15) is 0 Å². The van der Waals surface area contributed by atoms with Crippen LogP contribution in [0.4, 0.5) is 0 Å². The van der Waals surface area contributed by atoms with Crippen LogP contribution in [0.5, 0.6) is 5.75 Å². The molecule has 1 aromatic carbocycles. The van der Waals surface area contributed by atoms with E-state index in [1.54, 1.807) is 0 Å². The Bertz CT molecular complexity index is 344. The van der Waals surface area contributed by atoms with E-state index in [1.165, 1.54) is 12.0 Å². The average molecular weight is 233 g/mol. The summed E-state index contributed by atoms with van der Waals surface area (Å²) in [6, 6.07) is 8.51. The Morgan fingerprint density at radius 3 is 2.47 bits per heavy atom. The van der Waals surface area contributed by atoms with Crippen molar-refractivity contribution in [2.45, 2.75) is 32.6 Å². The van der Waals surface area contributed by atoms with E-state index in [2.05, 4.69) is 50.4 Å². The zero-order valence-electron chi connectivity index (χ0n) is 11.1. The van der Waals surface area contributed by atoms with Crippen molar-refractivity contribution in [3.8, 4) is 5.75 Å². The molecule has 0 aromatic heterocycles. The monoisotopic (exact) mass is 233 g/mol. The molecule has 1 N–H and O–H groups in total. The van der Waals surface area contributed by atoms with Crippen molar-refractivity contribution in [1.82, 2.24) is 5.32 Å². The Labute approximate surface area is 104 Å². The van der Waals surface area contributed by atoms with Gasteiger partial charge in [0.1, 0.15) is 5.75 Å². The highest BCUT2D eigenvalue weighted by Crippen LogP contribution is 2.24. The molecule has 1 saturated heterocycles. The molecule has 1 atom stereocenters. The van der Waals surface area contributed by atoms with Gasteiger partial charge in [0, 0.05) is 12.5 Å². The minimum atomic E-state index is 0.216. The minimum absolute atomic E-state index is 0.216. The molecule has 1 aromatic rings. The zero-order chi connectivity index (χ0) is 12.3. The number of benzene rings is 1. The summed E-state index contributed by atoms with van der Waals surface area (Å²) in [5.74, 6) is 1.67. The third-order valence-electron chi connectivity index (χ3n) is 3.37. The summed E-state index contributed by atoms with van der Waals surface area (Å²) in [4.78, 5) is 0. The summed E-state index contributed by atoms with van der Waals surface area (Å²) >= 11 is 0. The highest BCUT2D eigenvalue weighted by molar-refractivity contribution is 5.31. The van der Waals surface area contributed by atoms with Crippen molar-refractivity contribution in [2.24, 2.45) is 5.92 Å². The van der Waals surface area contributed by atoms with Gasteiger partial charge in [-0.15, -0.1) is 0 Å². The van der Waals surface area contributed by atoms with Crippen LogP contribution in [0.3, 0.4) is 0 Å². The highest BCUT2D eigenvalue weighted by atomic mass is 16.5. The molecule has 94 valence electrons. The second-order valence-corrected chi connectivity index (χ2v) is 5.94. The number of nitrogens with one attached hydrogen (secondary N) is 1. The van der Waals surface area contributed by atoms with Gasteiger partial charge in [-0.05, 0) is 36.1 Å². The van der Waals surface area contributed by atoms with Crippen molar-refractivity contribution in [3.63, 3.8) is 0 Å². The van der Waals surface area contributed by atoms with Gasteiger partial charge in [-0.3, -0.25) is 0 Å². The summed E-state index contributed by atoms with van der Waals surface area (Å²) in [7, 11) is 0. The quantitative estimate of drug-likeness (QED) is 0.866. The molecule has 0 unspecified atom stereocenters. The molecule has 2 nitrogen and oxygen atoms in total. The maximum atomic E-state index is 5.82. The van der Waals surface area contributed by atoms with Crippen molar-refractivity contribution in [2.75, 3.05) is 19.7 Å². The standard InChI is InChI=1S/C15H23NO/c1-15(2,3)13-4-6-14(7-5-13)17-11-12-8-9-16-10-12/h4-7,12,16H,8-11H2,1-3H3/t12-/m0/s1. The number of hydrogen-bond acceptors (Lipinski definition) is 2. The predicted octanol–water partition coefficient (Wildman–Crippen LogP) is 2.97. The predicted molar refractivity (Wildman–Crippen MR) is 71.6 cm³/mol. The maximum Gasteiger partial charge on any atom is 0.119 e. The van der Waals surface area contributed by atoms with E-state index in [0.29, 0.717) is 5.92 Å². The molecule has 1 heterocycles. The van der Waals surface area contributed by atoms with Crippen molar-refractivity contribution < 1.29 is 4.74 Å². The van der Waals surface area contributed by atoms with Gasteiger partial charge < -0.3 is 10.1 Å². The lowest BCUT2D eigenvalue weighted by Crippen LogP contribution is -2.15. The molecule has 1 fully saturated rings. The Morgan fingerprint density at radius 2 is 1.94 bits per heavy atom. The summed E-state index contributed by atoms with van der Waals surface area (Å²) in [5.41, 5.74) is 1.57. The van der Waals surface area contributed by atoms with Gasteiger partial charge in [0.2, 0.25) is 0 Å². The molecule has 1 aliphatic heterocycles. The molecule has 0 radical (unpaired) electrons. The van der Waals surface area contributed by atoms with E-state index in [1.807, 2.05) is 0 Å². The first-order valence-corrected chi connectivity index (χ1v) is 6.50. The van der Waals surface area contributed by atoms with Crippen LogP contribution in [0.2, 0.25) is 0 Å². The Kier molecular flexibility index (Phi) is 3.72. The summed E-state index contributed by atoms with van der Waals surface area (Å²) in [6.07, 6.45) is 1.24. The first-order chi connectivity index (χ1) is 8.05. The first kappa shape index (κ1) is 12.4. The third kappa shape index (κ3) is 3.47. The summed E-state index contributed by atoms with van der Waals surface area (Å²) in [6.45, 7) is 9.76. The fraction of sp³-hybridized carbons (Fsp3) is 0.600. The van der Waals surface area contributed by atoms with E-state index in [0.717, 1.165) is 25.4 Å². The SMILES string of the molecule is CC(C)(C)c1ccc(OC[C@H]2CCNC2)cc1. The molecule has 17 heavy (non-hydrogen) atoms. The molecule has 2 heteroatoms. The molecule has 0 bridgehead atoms. The van der Waals surface area contributed by atoms with Crippen LogP contribution >= 0.6 is 0 Å². The average Bonchev–Trinajstić information content (AvgIpc) is 2.78. The van der Waals surface area contributed by atoms with Gasteiger partial charge in [0.05, 0.1) is 6.61 Å².